The summed E-state index contributed by atoms with van der Waals surface area (Å²) < 4.78 is 30.3. The van der Waals surface area contributed by atoms with Gasteiger partial charge >= 0.3 is 5.69 Å². The molecule has 0 unspecified atom stereocenters. The number of amides is 1. The molecule has 1 aromatic heterocycles. The molecule has 2 aromatic carbocycles. The van der Waals surface area contributed by atoms with Crippen LogP contribution in [0.3, 0.4) is 0 Å². The predicted octanol–water partition coefficient (Wildman–Crippen LogP) is 2.49. The predicted molar refractivity (Wildman–Crippen MR) is 130 cm³/mol. The first kappa shape index (κ1) is 23.3. The van der Waals surface area contributed by atoms with E-state index in [1.807, 2.05) is 30.3 Å². The summed E-state index contributed by atoms with van der Waals surface area (Å²) in [6.07, 6.45) is 2.56. The van der Waals surface area contributed by atoms with Gasteiger partial charge in [0, 0.05) is 32.9 Å². The van der Waals surface area contributed by atoms with Gasteiger partial charge in [-0.15, -0.1) is 0 Å². The van der Waals surface area contributed by atoms with Gasteiger partial charge in [-0.05, 0) is 49.4 Å². The van der Waals surface area contributed by atoms with Gasteiger partial charge in [-0.25, -0.2) is 17.5 Å². The van der Waals surface area contributed by atoms with Crippen molar-refractivity contribution in [3.8, 4) is 0 Å². The molecule has 1 N–H and O–H groups in total. The number of carbonyl (C=O) groups excluding carboxylic acids is 1. The number of fused-ring (bicyclic) bond motifs is 1. The van der Waals surface area contributed by atoms with E-state index in [9.17, 15) is 18.0 Å². The Morgan fingerprint density at radius 2 is 1.79 bits per heavy atom. The number of piperidine rings is 1. The number of carbonyl (C=O) groups is 1. The zero-order chi connectivity index (χ0) is 23.6. The Morgan fingerprint density at radius 1 is 1.06 bits per heavy atom. The van der Waals surface area contributed by atoms with Crippen LogP contribution in [0, 0.1) is 5.92 Å². The molecule has 1 atom stereocenters. The molecule has 0 radical (unpaired) electrons. The van der Waals surface area contributed by atoms with Crippen LogP contribution in [0.15, 0.2) is 53.3 Å². The van der Waals surface area contributed by atoms with Crippen LogP contribution in [0.5, 0.6) is 0 Å². The van der Waals surface area contributed by atoms with Crippen molar-refractivity contribution in [2.45, 2.75) is 25.7 Å². The van der Waals surface area contributed by atoms with Crippen LogP contribution in [-0.4, -0.2) is 46.6 Å². The van der Waals surface area contributed by atoms with Gasteiger partial charge in [0.05, 0.1) is 22.7 Å². The normalized spacial score (nSPS) is 17.3. The second kappa shape index (κ2) is 9.52. The van der Waals surface area contributed by atoms with E-state index in [2.05, 4.69) is 5.32 Å². The lowest BCUT2D eigenvalue weighted by Gasteiger charge is -2.31. The van der Waals surface area contributed by atoms with Crippen LogP contribution < -0.4 is 11.0 Å². The third kappa shape index (κ3) is 5.04. The monoisotopic (exact) mass is 470 g/mol. The van der Waals surface area contributed by atoms with Crippen molar-refractivity contribution in [2.75, 3.05) is 24.2 Å². The molecule has 176 valence electrons. The fourth-order valence-corrected chi connectivity index (χ4v) is 6.05. The third-order valence-electron chi connectivity index (χ3n) is 6.40. The van der Waals surface area contributed by atoms with Crippen molar-refractivity contribution in [1.82, 2.24) is 13.4 Å². The summed E-state index contributed by atoms with van der Waals surface area (Å²) >= 11 is 0. The highest BCUT2D eigenvalue weighted by Gasteiger charge is 2.32. The summed E-state index contributed by atoms with van der Waals surface area (Å²) in [5.74, 6) is -0.521. The first-order chi connectivity index (χ1) is 15.8. The molecule has 1 aliphatic rings. The van der Waals surface area contributed by atoms with Crippen LogP contribution in [0.1, 0.15) is 24.8 Å². The van der Waals surface area contributed by atoms with Gasteiger partial charge in [-0.3, -0.25) is 13.9 Å². The molecule has 0 saturated carbocycles. The SMILES string of the molecule is Cn1c(=O)n(C)c2cc(NC(=O)[C@H]3CCCN(S(=O)(=O)CCCc4ccccc4)C3)ccc21. The molecule has 1 saturated heterocycles. The summed E-state index contributed by atoms with van der Waals surface area (Å²) in [6, 6.07) is 15.2. The third-order valence-corrected chi connectivity index (χ3v) is 8.32. The fraction of sp³-hybridized carbons (Fsp3) is 0.417. The maximum atomic E-state index is 12.9. The van der Waals surface area contributed by atoms with Crippen LogP contribution in [0.2, 0.25) is 0 Å². The topological polar surface area (TPSA) is 93.4 Å². The van der Waals surface area contributed by atoms with E-state index in [1.165, 1.54) is 8.87 Å². The molecule has 8 nitrogen and oxygen atoms in total. The number of nitrogens with one attached hydrogen (secondary N) is 1. The molecule has 0 aliphatic carbocycles. The van der Waals surface area contributed by atoms with Gasteiger partial charge in [0.25, 0.3) is 0 Å². The quantitative estimate of drug-likeness (QED) is 0.574. The molecule has 0 spiro atoms. The number of nitrogens with zero attached hydrogens (tertiary/aromatic N) is 3. The minimum atomic E-state index is -3.42. The Kier molecular flexibility index (Phi) is 6.71. The van der Waals surface area contributed by atoms with E-state index in [-0.39, 0.29) is 23.9 Å². The Hall–Kier alpha value is -2.91. The van der Waals surface area contributed by atoms with Gasteiger partial charge < -0.3 is 5.32 Å². The van der Waals surface area contributed by atoms with Crippen LogP contribution in [0.4, 0.5) is 5.69 Å². The van der Waals surface area contributed by atoms with Crippen molar-refractivity contribution < 1.29 is 13.2 Å². The largest absolute Gasteiger partial charge is 0.328 e. The highest BCUT2D eigenvalue weighted by Crippen LogP contribution is 2.23. The molecule has 1 aliphatic heterocycles. The van der Waals surface area contributed by atoms with E-state index >= 15 is 0 Å². The van der Waals surface area contributed by atoms with Gasteiger partial charge in [0.1, 0.15) is 0 Å². The van der Waals surface area contributed by atoms with E-state index in [0.717, 1.165) is 16.6 Å². The Labute approximate surface area is 193 Å². The van der Waals surface area contributed by atoms with E-state index in [1.54, 1.807) is 36.9 Å². The molecule has 1 fully saturated rings. The summed E-state index contributed by atoms with van der Waals surface area (Å²) in [5, 5.41) is 2.91. The number of hydrogen-bond acceptors (Lipinski definition) is 4. The Balaban J connectivity index is 1.38. The summed E-state index contributed by atoms with van der Waals surface area (Å²) in [4.78, 5) is 25.1. The van der Waals surface area contributed by atoms with E-state index < -0.39 is 15.9 Å². The Morgan fingerprint density at radius 3 is 2.55 bits per heavy atom. The summed E-state index contributed by atoms with van der Waals surface area (Å²) in [6.45, 7) is 0.654. The molecular formula is C24H30N4O4S. The van der Waals surface area contributed by atoms with Gasteiger partial charge in [0.2, 0.25) is 15.9 Å². The number of anilines is 1. The first-order valence-electron chi connectivity index (χ1n) is 11.2. The second-order valence-corrected chi connectivity index (χ2v) is 10.8. The molecule has 2 heterocycles. The fourth-order valence-electron chi connectivity index (χ4n) is 4.47. The summed E-state index contributed by atoms with van der Waals surface area (Å²) in [5.41, 5.74) is 3.10. The minimum Gasteiger partial charge on any atom is -0.326 e. The summed E-state index contributed by atoms with van der Waals surface area (Å²) in [7, 11) is -0.0161. The lowest BCUT2D eigenvalue weighted by Crippen LogP contribution is -2.44. The number of imidazole rings is 1. The number of sulfonamides is 1. The molecule has 0 bridgehead atoms. The average Bonchev–Trinajstić information content (AvgIpc) is 3.03. The lowest BCUT2D eigenvalue weighted by atomic mass is 9.98. The highest BCUT2D eigenvalue weighted by molar-refractivity contribution is 7.89. The second-order valence-electron chi connectivity index (χ2n) is 8.70. The van der Waals surface area contributed by atoms with E-state index in [0.29, 0.717) is 37.9 Å². The minimum absolute atomic E-state index is 0.0783. The molecule has 1 amide bonds. The molecule has 4 rings (SSSR count). The van der Waals surface area contributed by atoms with Crippen molar-refractivity contribution >= 4 is 32.7 Å². The number of aryl methyl sites for hydroxylation is 3. The first-order valence-corrected chi connectivity index (χ1v) is 12.9. The molecule has 9 heteroatoms. The zero-order valence-corrected chi connectivity index (χ0v) is 19.8. The maximum absolute atomic E-state index is 12.9. The van der Waals surface area contributed by atoms with Gasteiger partial charge in [-0.2, -0.15) is 0 Å². The molecule has 33 heavy (non-hydrogen) atoms. The average molecular weight is 471 g/mol. The van der Waals surface area contributed by atoms with Crippen molar-refractivity contribution in [3.05, 3.63) is 64.6 Å². The zero-order valence-electron chi connectivity index (χ0n) is 19.0. The lowest BCUT2D eigenvalue weighted by molar-refractivity contribution is -0.120. The van der Waals surface area contributed by atoms with Crippen molar-refractivity contribution in [3.63, 3.8) is 0 Å². The Bertz CT molecular complexity index is 1310. The standard InChI is InChI=1S/C24H30N4O4S/c1-26-21-13-12-20(16-22(21)27(2)24(26)30)25-23(29)19-11-6-14-28(17-19)33(31,32)15-7-10-18-8-4-3-5-9-18/h3-5,8-9,12-13,16,19H,6-7,10-11,14-15,17H2,1-2H3,(H,25,29)/t19-/m0/s1. The highest BCUT2D eigenvalue weighted by atomic mass is 32.2. The van der Waals surface area contributed by atoms with Crippen molar-refractivity contribution in [1.29, 1.82) is 0 Å². The number of rotatable bonds is 7. The smallest absolute Gasteiger partial charge is 0.326 e. The van der Waals surface area contributed by atoms with Gasteiger partial charge in [0.15, 0.2) is 0 Å². The maximum Gasteiger partial charge on any atom is 0.328 e. The van der Waals surface area contributed by atoms with Gasteiger partial charge in [-0.1, -0.05) is 30.3 Å². The number of hydrogen-bond donors (Lipinski definition) is 1. The van der Waals surface area contributed by atoms with Crippen LogP contribution in [0.25, 0.3) is 11.0 Å². The molecular weight excluding hydrogens is 440 g/mol. The van der Waals surface area contributed by atoms with Crippen molar-refractivity contribution in [2.24, 2.45) is 20.0 Å². The van der Waals surface area contributed by atoms with Crippen LogP contribution in [-0.2, 0) is 35.3 Å². The number of aromatic nitrogens is 2. The molecule has 3 aromatic rings. The van der Waals surface area contributed by atoms with E-state index in [4.69, 9.17) is 0 Å². The number of benzene rings is 2. The van der Waals surface area contributed by atoms with Crippen LogP contribution >= 0.6 is 0 Å².